The van der Waals surface area contributed by atoms with Gasteiger partial charge < -0.3 is 0 Å². The molecule has 0 saturated heterocycles. The number of hydrogen-bond donors (Lipinski definition) is 0. The molecule has 0 spiro atoms. The van der Waals surface area contributed by atoms with Crippen LogP contribution in [0.4, 0.5) is 13.2 Å². The minimum atomic E-state index is -4.25. The average molecular weight is 272 g/mol. The Morgan fingerprint density at radius 2 is 1.79 bits per heavy atom. The van der Waals surface area contributed by atoms with Crippen molar-refractivity contribution in [3.05, 3.63) is 34.9 Å². The predicted molar refractivity (Wildman–Crippen MR) is 73.4 cm³/mol. The minimum Gasteiger partial charge on any atom is -0.166 e. The second-order valence-corrected chi connectivity index (χ2v) is 5.16. The van der Waals surface area contributed by atoms with Crippen molar-refractivity contribution in [3.63, 3.8) is 0 Å². The second kappa shape index (κ2) is 6.97. The monoisotopic (exact) mass is 272 g/mol. The Kier molecular flexibility index (Phi) is 5.89. The van der Waals surface area contributed by atoms with Crippen molar-refractivity contribution >= 4 is 0 Å². The van der Waals surface area contributed by atoms with Crippen molar-refractivity contribution in [2.75, 3.05) is 0 Å². The lowest BCUT2D eigenvalue weighted by atomic mass is 9.89. The SMILES string of the molecule is CCCCCC(C)c1cc(C(F)(F)F)ccc1CC. The minimum absolute atomic E-state index is 0.198. The van der Waals surface area contributed by atoms with Crippen molar-refractivity contribution in [3.8, 4) is 0 Å². The number of benzene rings is 1. The van der Waals surface area contributed by atoms with Gasteiger partial charge in [0.05, 0.1) is 5.56 Å². The van der Waals surface area contributed by atoms with Crippen LogP contribution < -0.4 is 0 Å². The third kappa shape index (κ3) is 4.55. The van der Waals surface area contributed by atoms with E-state index in [1.165, 1.54) is 12.1 Å². The van der Waals surface area contributed by atoms with Gasteiger partial charge in [-0.05, 0) is 42.0 Å². The molecule has 0 aliphatic rings. The van der Waals surface area contributed by atoms with Crippen LogP contribution in [0.1, 0.15) is 69.1 Å². The molecule has 0 amide bonds. The summed E-state index contributed by atoms with van der Waals surface area (Å²) in [6.45, 7) is 6.15. The van der Waals surface area contributed by atoms with Gasteiger partial charge in [0.1, 0.15) is 0 Å². The number of hydrogen-bond acceptors (Lipinski definition) is 0. The van der Waals surface area contributed by atoms with Gasteiger partial charge in [0.2, 0.25) is 0 Å². The zero-order valence-corrected chi connectivity index (χ0v) is 12.0. The van der Waals surface area contributed by atoms with E-state index in [2.05, 4.69) is 6.92 Å². The van der Waals surface area contributed by atoms with Crippen LogP contribution in [0.3, 0.4) is 0 Å². The first-order chi connectivity index (χ1) is 8.90. The maximum Gasteiger partial charge on any atom is 0.416 e. The van der Waals surface area contributed by atoms with Crippen molar-refractivity contribution in [2.24, 2.45) is 0 Å². The van der Waals surface area contributed by atoms with Gasteiger partial charge in [-0.1, -0.05) is 46.1 Å². The maximum atomic E-state index is 12.8. The summed E-state index contributed by atoms with van der Waals surface area (Å²) in [5.74, 6) is 0.198. The molecule has 0 bridgehead atoms. The van der Waals surface area contributed by atoms with Crippen LogP contribution in [0.25, 0.3) is 0 Å². The largest absolute Gasteiger partial charge is 0.416 e. The quantitative estimate of drug-likeness (QED) is 0.561. The van der Waals surface area contributed by atoms with Crippen molar-refractivity contribution in [1.82, 2.24) is 0 Å². The van der Waals surface area contributed by atoms with Gasteiger partial charge in [-0.3, -0.25) is 0 Å². The molecule has 3 heteroatoms. The lowest BCUT2D eigenvalue weighted by Crippen LogP contribution is -2.08. The number of aryl methyl sites for hydroxylation is 1. The molecule has 1 atom stereocenters. The standard InChI is InChI=1S/C16H23F3/c1-4-6-7-8-12(3)15-11-14(16(17,18)19)10-9-13(15)5-2/h9-12H,4-8H2,1-3H3. The Morgan fingerprint density at radius 3 is 2.32 bits per heavy atom. The topological polar surface area (TPSA) is 0 Å². The number of alkyl halides is 3. The van der Waals surface area contributed by atoms with Crippen LogP contribution in [0.2, 0.25) is 0 Å². The highest BCUT2D eigenvalue weighted by atomic mass is 19.4. The van der Waals surface area contributed by atoms with E-state index in [1.54, 1.807) is 6.07 Å². The van der Waals surface area contributed by atoms with E-state index in [9.17, 15) is 13.2 Å². The van der Waals surface area contributed by atoms with Crippen LogP contribution in [-0.4, -0.2) is 0 Å². The second-order valence-electron chi connectivity index (χ2n) is 5.16. The van der Waals surface area contributed by atoms with Crippen molar-refractivity contribution in [2.45, 2.75) is 65.0 Å². The predicted octanol–water partition coefficient (Wildman–Crippen LogP) is 5.95. The van der Waals surface area contributed by atoms with E-state index in [-0.39, 0.29) is 5.92 Å². The summed E-state index contributed by atoms with van der Waals surface area (Å²) in [4.78, 5) is 0. The van der Waals surface area contributed by atoms with Gasteiger partial charge in [0.25, 0.3) is 0 Å². The summed E-state index contributed by atoms with van der Waals surface area (Å²) in [5, 5.41) is 0. The number of unbranched alkanes of at least 4 members (excludes halogenated alkanes) is 2. The lowest BCUT2D eigenvalue weighted by molar-refractivity contribution is -0.137. The van der Waals surface area contributed by atoms with Gasteiger partial charge in [0, 0.05) is 0 Å². The molecular formula is C16H23F3. The normalized spacial score (nSPS) is 13.6. The molecule has 0 nitrogen and oxygen atoms in total. The summed E-state index contributed by atoms with van der Waals surface area (Å²) in [6.07, 6.45) is 0.857. The first-order valence-electron chi connectivity index (χ1n) is 7.10. The van der Waals surface area contributed by atoms with Gasteiger partial charge in [-0.15, -0.1) is 0 Å². The molecule has 1 aromatic rings. The number of halogens is 3. The van der Waals surface area contributed by atoms with Crippen LogP contribution in [0.5, 0.6) is 0 Å². The fraction of sp³-hybridized carbons (Fsp3) is 0.625. The Bertz CT molecular complexity index is 393. The van der Waals surface area contributed by atoms with Gasteiger partial charge in [0.15, 0.2) is 0 Å². The summed E-state index contributed by atoms with van der Waals surface area (Å²) in [6, 6.07) is 4.17. The molecule has 1 unspecified atom stereocenters. The fourth-order valence-electron chi connectivity index (χ4n) is 2.41. The fourth-order valence-corrected chi connectivity index (χ4v) is 2.41. The Morgan fingerprint density at radius 1 is 1.11 bits per heavy atom. The highest BCUT2D eigenvalue weighted by molar-refractivity contribution is 5.35. The lowest BCUT2D eigenvalue weighted by Gasteiger charge is -2.18. The van der Waals surface area contributed by atoms with Gasteiger partial charge in [-0.2, -0.15) is 13.2 Å². The molecule has 0 fully saturated rings. The third-order valence-corrected chi connectivity index (χ3v) is 3.63. The van der Waals surface area contributed by atoms with Crippen molar-refractivity contribution in [1.29, 1.82) is 0 Å². The Balaban J connectivity index is 2.95. The molecule has 0 radical (unpaired) electrons. The zero-order chi connectivity index (χ0) is 14.5. The first kappa shape index (κ1) is 16.1. The highest BCUT2D eigenvalue weighted by Crippen LogP contribution is 2.34. The van der Waals surface area contributed by atoms with Crippen LogP contribution >= 0.6 is 0 Å². The van der Waals surface area contributed by atoms with E-state index in [0.29, 0.717) is 0 Å². The van der Waals surface area contributed by atoms with Crippen LogP contribution in [-0.2, 0) is 12.6 Å². The molecule has 0 saturated carbocycles. The molecule has 0 aromatic heterocycles. The molecule has 1 rings (SSSR count). The van der Waals surface area contributed by atoms with E-state index in [0.717, 1.165) is 43.2 Å². The van der Waals surface area contributed by atoms with Gasteiger partial charge in [-0.25, -0.2) is 0 Å². The third-order valence-electron chi connectivity index (χ3n) is 3.63. The molecular weight excluding hydrogens is 249 g/mol. The zero-order valence-electron chi connectivity index (χ0n) is 12.0. The van der Waals surface area contributed by atoms with Crippen molar-refractivity contribution < 1.29 is 13.2 Å². The van der Waals surface area contributed by atoms with E-state index in [4.69, 9.17) is 0 Å². The average Bonchev–Trinajstić information content (AvgIpc) is 2.37. The summed E-state index contributed by atoms with van der Waals surface area (Å²) in [7, 11) is 0. The summed E-state index contributed by atoms with van der Waals surface area (Å²) >= 11 is 0. The molecule has 19 heavy (non-hydrogen) atoms. The van der Waals surface area contributed by atoms with Crippen LogP contribution in [0.15, 0.2) is 18.2 Å². The summed E-state index contributed by atoms with van der Waals surface area (Å²) in [5.41, 5.74) is 1.38. The number of rotatable bonds is 6. The molecule has 0 aliphatic carbocycles. The summed E-state index contributed by atoms with van der Waals surface area (Å²) < 4.78 is 38.3. The van der Waals surface area contributed by atoms with Crippen LogP contribution in [0, 0.1) is 0 Å². The first-order valence-corrected chi connectivity index (χ1v) is 7.10. The molecule has 0 N–H and O–H groups in total. The molecule has 108 valence electrons. The Labute approximate surface area is 114 Å². The van der Waals surface area contributed by atoms with Gasteiger partial charge >= 0.3 is 6.18 Å². The molecule has 0 aliphatic heterocycles. The molecule has 1 aromatic carbocycles. The Hall–Kier alpha value is -0.990. The maximum absolute atomic E-state index is 12.8. The van der Waals surface area contributed by atoms with E-state index < -0.39 is 11.7 Å². The molecule has 0 heterocycles. The highest BCUT2D eigenvalue weighted by Gasteiger charge is 2.31. The van der Waals surface area contributed by atoms with E-state index in [1.807, 2.05) is 13.8 Å². The smallest absolute Gasteiger partial charge is 0.166 e. The van der Waals surface area contributed by atoms with E-state index >= 15 is 0 Å².